The van der Waals surface area contributed by atoms with Crippen molar-refractivity contribution >= 4 is 28.7 Å². The lowest BCUT2D eigenvalue weighted by Gasteiger charge is -2.34. The van der Waals surface area contributed by atoms with Crippen molar-refractivity contribution in [1.82, 2.24) is 0 Å². The predicted molar refractivity (Wildman–Crippen MR) is 151 cm³/mol. The maximum absolute atomic E-state index is 7.10. The van der Waals surface area contributed by atoms with Crippen LogP contribution in [0.4, 0.5) is 11.4 Å². The highest BCUT2D eigenvalue weighted by atomic mass is 35.5. The van der Waals surface area contributed by atoms with Gasteiger partial charge in [-0.2, -0.15) is 4.58 Å². The summed E-state index contributed by atoms with van der Waals surface area (Å²) in [6.45, 7) is 9.46. The van der Waals surface area contributed by atoms with Crippen LogP contribution < -0.4 is 4.90 Å². The Bertz CT molecular complexity index is 1230. The van der Waals surface area contributed by atoms with Gasteiger partial charge >= 0.3 is 0 Å². The van der Waals surface area contributed by atoms with E-state index in [1.54, 1.807) is 0 Å². The Kier molecular flexibility index (Phi) is 6.24. The first-order valence-electron chi connectivity index (χ1n) is 13.2. The van der Waals surface area contributed by atoms with Crippen LogP contribution in [0, 0.1) is 5.92 Å². The summed E-state index contributed by atoms with van der Waals surface area (Å²) in [5.74, 6) is 0.467. The molecule has 0 saturated heterocycles. The summed E-state index contributed by atoms with van der Waals surface area (Å²) in [7, 11) is 4.45. The molecule has 0 amide bonds. The van der Waals surface area contributed by atoms with Crippen molar-refractivity contribution in [3.63, 3.8) is 0 Å². The van der Waals surface area contributed by atoms with Crippen molar-refractivity contribution in [1.29, 1.82) is 0 Å². The van der Waals surface area contributed by atoms with E-state index in [0.717, 1.165) is 17.9 Å². The van der Waals surface area contributed by atoms with Crippen molar-refractivity contribution in [2.24, 2.45) is 5.92 Å². The Morgan fingerprint density at radius 1 is 0.971 bits per heavy atom. The number of halogens is 1. The fourth-order valence-electron chi connectivity index (χ4n) is 7.03. The van der Waals surface area contributed by atoms with Crippen LogP contribution in [0.25, 0.3) is 0 Å². The van der Waals surface area contributed by atoms with Crippen LogP contribution >= 0.6 is 11.6 Å². The van der Waals surface area contributed by atoms with E-state index in [4.69, 9.17) is 11.6 Å². The van der Waals surface area contributed by atoms with Crippen molar-refractivity contribution in [2.45, 2.75) is 76.7 Å². The van der Waals surface area contributed by atoms with Crippen LogP contribution in [-0.2, 0) is 10.8 Å². The van der Waals surface area contributed by atoms with Gasteiger partial charge in [-0.25, -0.2) is 0 Å². The molecule has 3 heteroatoms. The Balaban J connectivity index is 1.33. The van der Waals surface area contributed by atoms with E-state index in [-0.39, 0.29) is 10.8 Å². The Morgan fingerprint density at radius 3 is 2.37 bits per heavy atom. The zero-order valence-electron chi connectivity index (χ0n) is 22.2. The minimum atomic E-state index is -0.00338. The van der Waals surface area contributed by atoms with Crippen LogP contribution in [0.1, 0.15) is 70.9 Å². The number of hydrogen-bond donors (Lipinski definition) is 0. The van der Waals surface area contributed by atoms with Crippen molar-refractivity contribution in [2.75, 3.05) is 19.0 Å². The molecule has 2 nitrogen and oxygen atoms in total. The summed E-state index contributed by atoms with van der Waals surface area (Å²) in [6.07, 6.45) is 10.5. The molecule has 0 spiro atoms. The van der Waals surface area contributed by atoms with Gasteiger partial charge in [0.25, 0.3) is 0 Å². The number of anilines is 1. The maximum atomic E-state index is 7.10. The summed E-state index contributed by atoms with van der Waals surface area (Å²) >= 11 is 7.10. The Hall–Kier alpha value is -2.32. The molecule has 2 unspecified atom stereocenters. The van der Waals surface area contributed by atoms with Gasteiger partial charge in [0.05, 0.1) is 5.41 Å². The lowest BCUT2D eigenvalue weighted by Crippen LogP contribution is -2.39. The topological polar surface area (TPSA) is 6.25 Å². The number of allylic oxidation sites excluding steroid dienone is 4. The molecule has 184 valence electrons. The number of nitrogens with zero attached hydrogens (tertiary/aromatic N) is 2. The average molecular weight is 488 g/mol. The maximum Gasteiger partial charge on any atom is 0.209 e. The second-order valence-electron chi connectivity index (χ2n) is 11.8. The average Bonchev–Trinajstić information content (AvgIpc) is 3.16. The third-order valence-electron chi connectivity index (χ3n) is 9.11. The normalized spacial score (nSPS) is 24.9. The van der Waals surface area contributed by atoms with Crippen LogP contribution in [0.5, 0.6) is 0 Å². The third kappa shape index (κ3) is 3.99. The van der Waals surface area contributed by atoms with Gasteiger partial charge < -0.3 is 4.90 Å². The standard InChI is InChI=1S/C32H40ClN2/c1-31(2)24-14-7-9-16-26(24)34(5)28(31)20-18-22-12-11-13-23(30(22)33)19-21-29-32(3,4)25-15-8-10-17-27(25)35(29)6/h7-10,14-18,20,23,29H,11-13,19,21H2,1-6H3/q+1/b20-18+. The van der Waals surface area contributed by atoms with E-state index in [9.17, 15) is 0 Å². The van der Waals surface area contributed by atoms with Gasteiger partial charge in [0.1, 0.15) is 7.05 Å². The number of benzene rings is 2. The quantitative estimate of drug-likeness (QED) is 0.386. The molecule has 5 rings (SSSR count). The first kappa shape index (κ1) is 24.4. The zero-order chi connectivity index (χ0) is 25.0. The van der Waals surface area contributed by atoms with Gasteiger partial charge in [-0.05, 0) is 69.1 Å². The summed E-state index contributed by atoms with van der Waals surface area (Å²) < 4.78 is 2.34. The first-order chi connectivity index (χ1) is 16.6. The van der Waals surface area contributed by atoms with Crippen LogP contribution in [-0.4, -0.2) is 30.4 Å². The van der Waals surface area contributed by atoms with Crippen molar-refractivity contribution < 1.29 is 4.58 Å². The number of rotatable bonds is 5. The second kappa shape index (κ2) is 8.96. The van der Waals surface area contributed by atoms with E-state index in [2.05, 4.69) is 112 Å². The van der Waals surface area contributed by atoms with Gasteiger partial charge in [-0.15, -0.1) is 0 Å². The number of hydrogen-bond acceptors (Lipinski definition) is 1. The van der Waals surface area contributed by atoms with Crippen molar-refractivity contribution in [3.8, 4) is 0 Å². The van der Waals surface area contributed by atoms with Crippen LogP contribution in [0.2, 0.25) is 0 Å². The highest BCUT2D eigenvalue weighted by Gasteiger charge is 2.44. The van der Waals surface area contributed by atoms with E-state index in [0.29, 0.717) is 12.0 Å². The molecule has 2 atom stereocenters. The highest BCUT2D eigenvalue weighted by Crippen LogP contribution is 2.47. The molecule has 0 N–H and O–H groups in total. The lowest BCUT2D eigenvalue weighted by molar-refractivity contribution is -0.401. The molecule has 0 aromatic heterocycles. The highest BCUT2D eigenvalue weighted by molar-refractivity contribution is 6.30. The molecule has 1 aliphatic carbocycles. The second-order valence-corrected chi connectivity index (χ2v) is 12.2. The zero-order valence-corrected chi connectivity index (χ0v) is 23.0. The Morgan fingerprint density at radius 2 is 1.66 bits per heavy atom. The summed E-state index contributed by atoms with van der Waals surface area (Å²) in [4.78, 5) is 2.50. The smallest absolute Gasteiger partial charge is 0.209 e. The van der Waals surface area contributed by atoms with Gasteiger partial charge in [-0.3, -0.25) is 0 Å². The summed E-state index contributed by atoms with van der Waals surface area (Å²) in [5, 5.41) is 1.10. The molecule has 2 heterocycles. The number of fused-ring (bicyclic) bond motifs is 2. The fraction of sp³-hybridized carbons (Fsp3) is 0.469. The SMILES string of the molecule is CN1c2ccccc2C(C)(C)C1CCC1CCCC(/C=C/C2=[N+](C)c3ccccc3C2(C)C)=C1Cl. The molecule has 2 aliphatic heterocycles. The van der Waals surface area contributed by atoms with Gasteiger partial charge in [0.2, 0.25) is 5.69 Å². The van der Waals surface area contributed by atoms with E-state index in [1.165, 1.54) is 53.0 Å². The minimum Gasteiger partial charge on any atom is -0.370 e. The summed E-state index contributed by atoms with van der Waals surface area (Å²) in [5.41, 5.74) is 8.39. The molecular formula is C32H40ClN2+. The van der Waals surface area contributed by atoms with E-state index in [1.807, 2.05) is 0 Å². The van der Waals surface area contributed by atoms with Gasteiger partial charge in [-0.1, -0.05) is 67.9 Å². The predicted octanol–water partition coefficient (Wildman–Crippen LogP) is 8.12. The number of likely N-dealkylation sites (N-methyl/N-ethyl adjacent to an activating group) is 1. The monoisotopic (exact) mass is 487 g/mol. The minimum absolute atomic E-state index is 0.00338. The largest absolute Gasteiger partial charge is 0.370 e. The summed E-state index contributed by atoms with van der Waals surface area (Å²) in [6, 6.07) is 18.2. The molecule has 0 fully saturated rings. The molecule has 3 aliphatic rings. The lowest BCUT2D eigenvalue weighted by atomic mass is 9.76. The molecule has 0 radical (unpaired) electrons. The molecule has 35 heavy (non-hydrogen) atoms. The molecule has 0 saturated carbocycles. The first-order valence-corrected chi connectivity index (χ1v) is 13.6. The molecule has 2 aromatic carbocycles. The van der Waals surface area contributed by atoms with E-state index < -0.39 is 0 Å². The number of para-hydroxylation sites is 2. The molecule has 0 bridgehead atoms. The van der Waals surface area contributed by atoms with Gasteiger partial charge in [0, 0.05) is 46.9 Å². The van der Waals surface area contributed by atoms with Crippen molar-refractivity contribution in [3.05, 3.63) is 82.4 Å². The van der Waals surface area contributed by atoms with Crippen LogP contribution in [0.3, 0.4) is 0 Å². The van der Waals surface area contributed by atoms with Gasteiger partial charge in [0.15, 0.2) is 5.71 Å². The molecule has 2 aromatic rings. The Labute approximate surface area is 217 Å². The molecular weight excluding hydrogens is 448 g/mol. The van der Waals surface area contributed by atoms with E-state index >= 15 is 0 Å². The fourth-order valence-corrected chi connectivity index (χ4v) is 7.41. The van der Waals surface area contributed by atoms with Crippen LogP contribution in [0.15, 0.2) is 71.3 Å². The third-order valence-corrected chi connectivity index (χ3v) is 9.67.